The molecular weight excluding hydrogens is 190 g/mol. The zero-order chi connectivity index (χ0) is 10.4. The number of aromatic hydroxyl groups is 1. The lowest BCUT2D eigenvalue weighted by Crippen LogP contribution is -2.29. The molecule has 15 heavy (non-hydrogen) atoms. The number of carbonyl (C=O) groups excluding carboxylic acids is 1. The molecule has 0 bridgehead atoms. The minimum atomic E-state index is -0.0437. The number of rotatable bonds is 1. The van der Waals surface area contributed by atoms with Crippen molar-refractivity contribution in [2.45, 2.75) is 25.3 Å². The van der Waals surface area contributed by atoms with Crippen LogP contribution in [0.15, 0.2) is 18.2 Å². The minimum Gasteiger partial charge on any atom is -0.508 e. The molecule has 1 unspecified atom stereocenters. The molecule has 78 valence electrons. The molecule has 1 amide bonds. The molecule has 3 nitrogen and oxygen atoms in total. The van der Waals surface area contributed by atoms with Crippen LogP contribution in [0, 0.1) is 5.92 Å². The summed E-state index contributed by atoms with van der Waals surface area (Å²) < 4.78 is 0. The monoisotopic (exact) mass is 203 g/mol. The van der Waals surface area contributed by atoms with E-state index < -0.39 is 0 Å². The van der Waals surface area contributed by atoms with Crippen molar-refractivity contribution in [3.63, 3.8) is 0 Å². The number of hydrogen-bond donors (Lipinski definition) is 2. The zero-order valence-corrected chi connectivity index (χ0v) is 8.36. The summed E-state index contributed by atoms with van der Waals surface area (Å²) in [4.78, 5) is 11.7. The average molecular weight is 203 g/mol. The lowest BCUT2D eigenvalue weighted by molar-refractivity contribution is 0.0932. The van der Waals surface area contributed by atoms with E-state index in [1.165, 1.54) is 6.42 Å². The SMILES string of the molecule is O=C1NC(C2CCC2)c2c(O)cccc21. The lowest BCUT2D eigenvalue weighted by Gasteiger charge is -2.31. The molecule has 2 aliphatic rings. The van der Waals surface area contributed by atoms with Gasteiger partial charge in [-0.15, -0.1) is 0 Å². The van der Waals surface area contributed by atoms with Crippen LogP contribution in [0.25, 0.3) is 0 Å². The molecule has 1 aromatic carbocycles. The summed E-state index contributed by atoms with van der Waals surface area (Å²) in [5, 5.41) is 12.8. The van der Waals surface area contributed by atoms with Gasteiger partial charge in [0.1, 0.15) is 5.75 Å². The molecule has 2 N–H and O–H groups in total. The highest BCUT2D eigenvalue weighted by Crippen LogP contribution is 2.44. The second kappa shape index (κ2) is 2.99. The Labute approximate surface area is 88.1 Å². The molecule has 1 aliphatic carbocycles. The second-order valence-electron chi connectivity index (χ2n) is 4.38. The normalized spacial score (nSPS) is 24.5. The predicted molar refractivity (Wildman–Crippen MR) is 55.7 cm³/mol. The van der Waals surface area contributed by atoms with Crippen molar-refractivity contribution in [1.82, 2.24) is 5.32 Å². The van der Waals surface area contributed by atoms with Crippen molar-refractivity contribution in [3.05, 3.63) is 29.3 Å². The first kappa shape index (κ1) is 8.77. The third-order valence-electron chi connectivity index (χ3n) is 3.55. The van der Waals surface area contributed by atoms with Crippen molar-refractivity contribution in [1.29, 1.82) is 0 Å². The molecule has 0 spiro atoms. The van der Waals surface area contributed by atoms with Crippen LogP contribution >= 0.6 is 0 Å². The fourth-order valence-corrected chi connectivity index (χ4v) is 2.50. The Morgan fingerprint density at radius 2 is 2.13 bits per heavy atom. The Morgan fingerprint density at radius 3 is 2.80 bits per heavy atom. The molecule has 1 aliphatic heterocycles. The smallest absolute Gasteiger partial charge is 0.252 e. The number of benzene rings is 1. The van der Waals surface area contributed by atoms with Gasteiger partial charge in [0.05, 0.1) is 6.04 Å². The van der Waals surface area contributed by atoms with Gasteiger partial charge >= 0.3 is 0 Å². The van der Waals surface area contributed by atoms with Gasteiger partial charge in [-0.25, -0.2) is 0 Å². The third-order valence-corrected chi connectivity index (χ3v) is 3.55. The molecule has 0 saturated heterocycles. The maximum atomic E-state index is 11.7. The van der Waals surface area contributed by atoms with E-state index in [0.717, 1.165) is 18.4 Å². The minimum absolute atomic E-state index is 0.0437. The van der Waals surface area contributed by atoms with Crippen molar-refractivity contribution >= 4 is 5.91 Å². The van der Waals surface area contributed by atoms with E-state index in [2.05, 4.69) is 5.32 Å². The van der Waals surface area contributed by atoms with E-state index in [0.29, 0.717) is 11.5 Å². The highest BCUT2D eigenvalue weighted by Gasteiger charge is 2.38. The molecule has 1 atom stereocenters. The van der Waals surface area contributed by atoms with Crippen LogP contribution in [-0.4, -0.2) is 11.0 Å². The van der Waals surface area contributed by atoms with Crippen LogP contribution in [0.4, 0.5) is 0 Å². The molecule has 3 rings (SSSR count). The summed E-state index contributed by atoms with van der Waals surface area (Å²) in [6.07, 6.45) is 3.54. The van der Waals surface area contributed by atoms with E-state index in [1.54, 1.807) is 18.2 Å². The summed E-state index contributed by atoms with van der Waals surface area (Å²) >= 11 is 0. The topological polar surface area (TPSA) is 49.3 Å². The first-order chi connectivity index (χ1) is 7.27. The van der Waals surface area contributed by atoms with Gasteiger partial charge in [-0.05, 0) is 30.9 Å². The standard InChI is InChI=1S/C12H13NO2/c14-9-6-2-5-8-10(9)11(13-12(8)15)7-3-1-4-7/h2,5-7,11,14H,1,3-4H2,(H,13,15). The van der Waals surface area contributed by atoms with Crippen molar-refractivity contribution in [2.75, 3.05) is 0 Å². The number of fused-ring (bicyclic) bond motifs is 1. The Morgan fingerprint density at radius 1 is 1.33 bits per heavy atom. The fourth-order valence-electron chi connectivity index (χ4n) is 2.50. The Balaban J connectivity index is 2.07. The fraction of sp³-hybridized carbons (Fsp3) is 0.417. The highest BCUT2D eigenvalue weighted by atomic mass is 16.3. The maximum Gasteiger partial charge on any atom is 0.252 e. The van der Waals surface area contributed by atoms with Gasteiger partial charge in [0, 0.05) is 11.1 Å². The maximum absolute atomic E-state index is 11.7. The third kappa shape index (κ3) is 1.16. The molecule has 0 radical (unpaired) electrons. The second-order valence-corrected chi connectivity index (χ2v) is 4.38. The number of amides is 1. The summed E-state index contributed by atoms with van der Waals surface area (Å²) in [7, 11) is 0. The van der Waals surface area contributed by atoms with Crippen LogP contribution in [0.1, 0.15) is 41.2 Å². The van der Waals surface area contributed by atoms with Gasteiger partial charge in [0.2, 0.25) is 0 Å². The predicted octanol–water partition coefficient (Wildman–Crippen LogP) is 1.98. The van der Waals surface area contributed by atoms with Gasteiger partial charge in [-0.3, -0.25) is 4.79 Å². The first-order valence-electron chi connectivity index (χ1n) is 5.40. The summed E-state index contributed by atoms with van der Waals surface area (Å²) in [5.74, 6) is 0.726. The van der Waals surface area contributed by atoms with Crippen LogP contribution in [0.3, 0.4) is 0 Å². The summed E-state index contributed by atoms with van der Waals surface area (Å²) in [6.45, 7) is 0. The molecule has 1 heterocycles. The van der Waals surface area contributed by atoms with E-state index in [1.807, 2.05) is 0 Å². The van der Waals surface area contributed by atoms with Crippen LogP contribution in [-0.2, 0) is 0 Å². The van der Waals surface area contributed by atoms with Crippen LogP contribution in [0.2, 0.25) is 0 Å². The number of carbonyl (C=O) groups is 1. The van der Waals surface area contributed by atoms with E-state index in [9.17, 15) is 9.90 Å². The van der Waals surface area contributed by atoms with E-state index >= 15 is 0 Å². The lowest BCUT2D eigenvalue weighted by atomic mass is 9.77. The van der Waals surface area contributed by atoms with Gasteiger partial charge in [-0.2, -0.15) is 0 Å². The van der Waals surface area contributed by atoms with E-state index in [4.69, 9.17) is 0 Å². The van der Waals surface area contributed by atoms with Crippen LogP contribution < -0.4 is 5.32 Å². The number of nitrogens with one attached hydrogen (secondary N) is 1. The molecule has 1 aromatic rings. The quantitative estimate of drug-likeness (QED) is 0.733. The summed E-state index contributed by atoms with van der Waals surface area (Å²) in [6, 6.07) is 5.20. The Bertz CT molecular complexity index is 424. The largest absolute Gasteiger partial charge is 0.508 e. The van der Waals surface area contributed by atoms with Crippen LogP contribution in [0.5, 0.6) is 5.75 Å². The zero-order valence-electron chi connectivity index (χ0n) is 8.36. The Kier molecular flexibility index (Phi) is 1.75. The average Bonchev–Trinajstić information content (AvgIpc) is 2.43. The molecule has 3 heteroatoms. The van der Waals surface area contributed by atoms with Crippen molar-refractivity contribution in [2.24, 2.45) is 5.92 Å². The number of phenols is 1. The van der Waals surface area contributed by atoms with Crippen molar-refractivity contribution < 1.29 is 9.90 Å². The molecular formula is C12H13NO2. The number of hydrogen-bond acceptors (Lipinski definition) is 2. The van der Waals surface area contributed by atoms with Gasteiger partial charge < -0.3 is 10.4 Å². The Hall–Kier alpha value is -1.51. The van der Waals surface area contributed by atoms with Gasteiger partial charge in [0.15, 0.2) is 0 Å². The van der Waals surface area contributed by atoms with Gasteiger partial charge in [-0.1, -0.05) is 12.5 Å². The summed E-state index contributed by atoms with van der Waals surface area (Å²) in [5.41, 5.74) is 1.46. The molecule has 1 fully saturated rings. The molecule has 1 saturated carbocycles. The van der Waals surface area contributed by atoms with Crippen molar-refractivity contribution in [3.8, 4) is 5.75 Å². The number of phenolic OH excluding ortho intramolecular Hbond substituents is 1. The van der Waals surface area contributed by atoms with Gasteiger partial charge in [0.25, 0.3) is 5.91 Å². The molecule has 0 aromatic heterocycles. The van der Waals surface area contributed by atoms with E-state index in [-0.39, 0.29) is 17.7 Å². The first-order valence-corrected chi connectivity index (χ1v) is 5.40. The highest BCUT2D eigenvalue weighted by molar-refractivity contribution is 6.00.